The fraction of sp³-hybridized carbons (Fsp3) is 0.222. The van der Waals surface area contributed by atoms with Crippen molar-refractivity contribution < 1.29 is 0 Å². The normalized spacial score (nSPS) is 10.5. The largest absolute Gasteiger partial charge is 0.369 e. The Hall–Kier alpha value is -1.29. The fourth-order valence-electron chi connectivity index (χ4n) is 1.27. The van der Waals surface area contributed by atoms with Crippen LogP contribution in [0.2, 0.25) is 0 Å². The number of imidazole rings is 1. The SMILES string of the molecule is Cc1cn(Cc2ccsc2)c(N)n1. The summed E-state index contributed by atoms with van der Waals surface area (Å²) in [6.07, 6.45) is 1.97. The van der Waals surface area contributed by atoms with E-state index < -0.39 is 0 Å². The van der Waals surface area contributed by atoms with Gasteiger partial charge in [0.1, 0.15) is 0 Å². The number of hydrogen-bond donors (Lipinski definition) is 1. The van der Waals surface area contributed by atoms with Crippen LogP contribution in [0.4, 0.5) is 5.95 Å². The molecule has 0 spiro atoms. The molecule has 0 unspecified atom stereocenters. The van der Waals surface area contributed by atoms with E-state index in [-0.39, 0.29) is 0 Å². The van der Waals surface area contributed by atoms with E-state index in [9.17, 15) is 0 Å². The Balaban J connectivity index is 2.23. The summed E-state index contributed by atoms with van der Waals surface area (Å²) in [5.74, 6) is 0.587. The van der Waals surface area contributed by atoms with Crippen LogP contribution in [0, 0.1) is 6.92 Å². The number of anilines is 1. The molecule has 0 fully saturated rings. The summed E-state index contributed by atoms with van der Waals surface area (Å²) in [7, 11) is 0. The second-order valence-corrected chi connectivity index (χ2v) is 3.78. The molecule has 0 saturated carbocycles. The number of nitrogens with zero attached hydrogens (tertiary/aromatic N) is 2. The van der Waals surface area contributed by atoms with E-state index in [1.54, 1.807) is 11.3 Å². The Morgan fingerprint density at radius 3 is 3.00 bits per heavy atom. The average Bonchev–Trinajstić information content (AvgIpc) is 2.63. The van der Waals surface area contributed by atoms with E-state index >= 15 is 0 Å². The first-order valence-electron chi connectivity index (χ1n) is 4.06. The van der Waals surface area contributed by atoms with Crippen LogP contribution >= 0.6 is 11.3 Å². The molecule has 13 heavy (non-hydrogen) atoms. The highest BCUT2D eigenvalue weighted by atomic mass is 32.1. The van der Waals surface area contributed by atoms with Crippen LogP contribution in [0.1, 0.15) is 11.3 Å². The van der Waals surface area contributed by atoms with Gasteiger partial charge in [0.25, 0.3) is 0 Å². The second-order valence-electron chi connectivity index (χ2n) is 3.00. The maximum Gasteiger partial charge on any atom is 0.200 e. The number of rotatable bonds is 2. The Labute approximate surface area is 80.8 Å². The summed E-state index contributed by atoms with van der Waals surface area (Å²) >= 11 is 1.70. The lowest BCUT2D eigenvalue weighted by atomic mass is 10.3. The minimum Gasteiger partial charge on any atom is -0.369 e. The van der Waals surface area contributed by atoms with Crippen molar-refractivity contribution >= 4 is 17.3 Å². The van der Waals surface area contributed by atoms with E-state index in [4.69, 9.17) is 5.73 Å². The van der Waals surface area contributed by atoms with Gasteiger partial charge in [0.2, 0.25) is 5.95 Å². The van der Waals surface area contributed by atoms with Crippen molar-refractivity contribution in [3.8, 4) is 0 Å². The zero-order chi connectivity index (χ0) is 9.26. The summed E-state index contributed by atoms with van der Waals surface area (Å²) in [4.78, 5) is 4.14. The third-order valence-corrected chi connectivity index (χ3v) is 2.59. The maximum atomic E-state index is 5.71. The zero-order valence-electron chi connectivity index (χ0n) is 7.40. The lowest BCUT2D eigenvalue weighted by Gasteiger charge is -2.00. The number of nitrogens with two attached hydrogens (primary N) is 1. The third-order valence-electron chi connectivity index (χ3n) is 1.86. The molecule has 0 saturated heterocycles. The van der Waals surface area contributed by atoms with Crippen LogP contribution in [-0.2, 0) is 6.54 Å². The van der Waals surface area contributed by atoms with Gasteiger partial charge >= 0.3 is 0 Å². The molecule has 2 heterocycles. The van der Waals surface area contributed by atoms with Gasteiger partial charge in [0.15, 0.2) is 0 Å². The summed E-state index contributed by atoms with van der Waals surface area (Å²) in [6, 6.07) is 2.10. The first kappa shape index (κ1) is 8.31. The van der Waals surface area contributed by atoms with E-state index in [0.29, 0.717) is 5.95 Å². The number of hydrogen-bond acceptors (Lipinski definition) is 3. The minimum absolute atomic E-state index is 0.587. The molecule has 0 aliphatic heterocycles. The van der Waals surface area contributed by atoms with Crippen molar-refractivity contribution in [2.45, 2.75) is 13.5 Å². The molecular weight excluding hydrogens is 182 g/mol. The molecule has 2 rings (SSSR count). The van der Waals surface area contributed by atoms with Crippen LogP contribution in [0.5, 0.6) is 0 Å². The lowest BCUT2D eigenvalue weighted by molar-refractivity contribution is 0.813. The number of nitrogen functional groups attached to an aromatic ring is 1. The van der Waals surface area contributed by atoms with Gasteiger partial charge in [-0.25, -0.2) is 4.98 Å². The Kier molecular flexibility index (Phi) is 2.06. The van der Waals surface area contributed by atoms with Crippen LogP contribution in [0.15, 0.2) is 23.0 Å². The average molecular weight is 193 g/mol. The molecule has 0 bridgehead atoms. The predicted octanol–water partition coefficient (Wildman–Crippen LogP) is 1.88. The Bertz CT molecular complexity index is 389. The highest BCUT2D eigenvalue weighted by Gasteiger charge is 2.01. The predicted molar refractivity (Wildman–Crippen MR) is 54.8 cm³/mol. The van der Waals surface area contributed by atoms with Gasteiger partial charge in [-0.1, -0.05) is 0 Å². The molecule has 0 atom stereocenters. The molecule has 0 aromatic carbocycles. The highest BCUT2D eigenvalue weighted by Crippen LogP contribution is 2.11. The maximum absolute atomic E-state index is 5.71. The van der Waals surface area contributed by atoms with Gasteiger partial charge in [0.05, 0.1) is 12.2 Å². The standard InChI is InChI=1S/C9H11N3S/c1-7-4-12(9(10)11-7)5-8-2-3-13-6-8/h2-4,6H,5H2,1H3,(H2,10,11). The first-order chi connectivity index (χ1) is 6.25. The molecule has 2 aromatic heterocycles. The highest BCUT2D eigenvalue weighted by molar-refractivity contribution is 7.07. The molecule has 2 aromatic rings. The van der Waals surface area contributed by atoms with Crippen molar-refractivity contribution in [3.63, 3.8) is 0 Å². The molecule has 68 valence electrons. The van der Waals surface area contributed by atoms with E-state index in [2.05, 4.69) is 21.8 Å². The quantitative estimate of drug-likeness (QED) is 0.791. The summed E-state index contributed by atoms with van der Waals surface area (Å²) in [6.45, 7) is 2.76. The van der Waals surface area contributed by atoms with Gasteiger partial charge in [-0.05, 0) is 29.3 Å². The number of aryl methyl sites for hydroxylation is 1. The van der Waals surface area contributed by atoms with Crippen molar-refractivity contribution in [2.24, 2.45) is 0 Å². The van der Waals surface area contributed by atoms with E-state index in [1.165, 1.54) is 5.56 Å². The molecule has 0 radical (unpaired) electrons. The summed E-state index contributed by atoms with van der Waals surface area (Å²) in [5.41, 5.74) is 7.95. The molecular formula is C9H11N3S. The van der Waals surface area contributed by atoms with Crippen LogP contribution in [0.25, 0.3) is 0 Å². The third kappa shape index (κ3) is 1.72. The van der Waals surface area contributed by atoms with Gasteiger partial charge in [0, 0.05) is 6.20 Å². The molecule has 0 aliphatic rings. The van der Waals surface area contributed by atoms with E-state index in [1.807, 2.05) is 17.7 Å². The van der Waals surface area contributed by atoms with Crippen LogP contribution < -0.4 is 5.73 Å². The van der Waals surface area contributed by atoms with Gasteiger partial charge in [-0.3, -0.25) is 0 Å². The van der Waals surface area contributed by atoms with E-state index in [0.717, 1.165) is 12.2 Å². The zero-order valence-corrected chi connectivity index (χ0v) is 8.21. The van der Waals surface area contributed by atoms with Crippen molar-refractivity contribution in [1.29, 1.82) is 0 Å². The number of thiophene rings is 1. The summed E-state index contributed by atoms with van der Waals surface area (Å²) in [5, 5.41) is 4.18. The lowest BCUT2D eigenvalue weighted by Crippen LogP contribution is -2.02. The van der Waals surface area contributed by atoms with Gasteiger partial charge in [-0.15, -0.1) is 0 Å². The van der Waals surface area contributed by atoms with Crippen molar-refractivity contribution in [1.82, 2.24) is 9.55 Å². The topological polar surface area (TPSA) is 43.8 Å². The molecule has 3 nitrogen and oxygen atoms in total. The molecule has 4 heteroatoms. The Morgan fingerprint density at radius 2 is 2.46 bits per heavy atom. The monoisotopic (exact) mass is 193 g/mol. The van der Waals surface area contributed by atoms with Gasteiger partial charge < -0.3 is 10.3 Å². The minimum atomic E-state index is 0.587. The Morgan fingerprint density at radius 1 is 1.62 bits per heavy atom. The smallest absolute Gasteiger partial charge is 0.200 e. The van der Waals surface area contributed by atoms with Crippen molar-refractivity contribution in [3.05, 3.63) is 34.3 Å². The molecule has 2 N–H and O–H groups in total. The second kappa shape index (κ2) is 3.22. The van der Waals surface area contributed by atoms with Crippen LogP contribution in [0.3, 0.4) is 0 Å². The number of aromatic nitrogens is 2. The first-order valence-corrected chi connectivity index (χ1v) is 5.00. The van der Waals surface area contributed by atoms with Gasteiger partial charge in [-0.2, -0.15) is 11.3 Å². The fourth-order valence-corrected chi connectivity index (χ4v) is 1.93. The van der Waals surface area contributed by atoms with Crippen molar-refractivity contribution in [2.75, 3.05) is 5.73 Å². The summed E-state index contributed by atoms with van der Waals surface area (Å²) < 4.78 is 1.96. The van der Waals surface area contributed by atoms with Crippen LogP contribution in [-0.4, -0.2) is 9.55 Å². The molecule has 0 amide bonds. The molecule has 0 aliphatic carbocycles.